The first-order chi connectivity index (χ1) is 11.0. The van der Waals surface area contributed by atoms with E-state index in [1.54, 1.807) is 6.07 Å². The second-order valence-corrected chi connectivity index (χ2v) is 8.00. The van der Waals surface area contributed by atoms with Crippen molar-refractivity contribution in [2.45, 2.75) is 52.3 Å². The number of aryl methyl sites for hydroxylation is 2. The van der Waals surface area contributed by atoms with Gasteiger partial charge in [-0.05, 0) is 43.6 Å². The van der Waals surface area contributed by atoms with Crippen molar-refractivity contribution in [3.63, 3.8) is 0 Å². The van der Waals surface area contributed by atoms with E-state index in [-0.39, 0.29) is 11.8 Å². The van der Waals surface area contributed by atoms with Crippen molar-refractivity contribution in [3.05, 3.63) is 58.7 Å². The molecule has 0 spiro atoms. The van der Waals surface area contributed by atoms with E-state index in [2.05, 4.69) is 45.0 Å². The minimum absolute atomic E-state index is 0.0628. The van der Waals surface area contributed by atoms with Crippen LogP contribution in [0.5, 0.6) is 5.75 Å². The van der Waals surface area contributed by atoms with Crippen molar-refractivity contribution >= 4 is 13.9 Å². The Labute approximate surface area is 141 Å². The zero-order chi connectivity index (χ0) is 17.0. The molecule has 0 aliphatic carbocycles. The number of hydrogen-bond donors (Lipinski definition) is 2. The fraction of sp³-hybridized carbons (Fsp3) is 0.400. The Kier molecular flexibility index (Phi) is 5.84. The highest BCUT2D eigenvalue weighted by molar-refractivity contribution is 7.48. The number of aliphatic hydroxyl groups excluding tert-OH is 1. The first kappa shape index (κ1) is 18.0. The van der Waals surface area contributed by atoms with Crippen LogP contribution in [-0.2, 0) is 11.8 Å². The average Bonchev–Trinajstić information content (AvgIpc) is 2.56. The summed E-state index contributed by atoms with van der Waals surface area (Å²) in [7, 11) is 0.518. The van der Waals surface area contributed by atoms with Crippen LogP contribution in [0.4, 0.5) is 0 Å². The van der Waals surface area contributed by atoms with Crippen LogP contribution in [-0.4, -0.2) is 10.2 Å². The van der Waals surface area contributed by atoms with Gasteiger partial charge in [0.05, 0.1) is 6.61 Å². The van der Waals surface area contributed by atoms with E-state index < -0.39 is 0 Å². The smallest absolute Gasteiger partial charge is 0.119 e. The van der Waals surface area contributed by atoms with Gasteiger partial charge in [0.1, 0.15) is 5.75 Å². The van der Waals surface area contributed by atoms with Crippen LogP contribution in [0.1, 0.15) is 48.9 Å². The zero-order valence-corrected chi connectivity index (χ0v) is 15.5. The number of benzene rings is 2. The van der Waals surface area contributed by atoms with E-state index in [9.17, 15) is 10.2 Å². The SMILES string of the molecule is CCC(CC)(Pc1ccc(C)cc1CO)c1cc(C)ccc1O. The minimum atomic E-state index is -0.0880. The lowest BCUT2D eigenvalue weighted by Crippen LogP contribution is -2.23. The molecular formula is C20H27O2P. The molecule has 2 aromatic rings. The number of aromatic hydroxyl groups is 1. The van der Waals surface area contributed by atoms with Gasteiger partial charge in [-0.15, -0.1) is 0 Å². The first-order valence-corrected chi connectivity index (χ1v) is 9.24. The van der Waals surface area contributed by atoms with Crippen LogP contribution < -0.4 is 5.30 Å². The third-order valence-corrected chi connectivity index (χ3v) is 6.89. The van der Waals surface area contributed by atoms with Gasteiger partial charge in [0.2, 0.25) is 0 Å². The van der Waals surface area contributed by atoms with Gasteiger partial charge >= 0.3 is 0 Å². The molecule has 2 N–H and O–H groups in total. The molecule has 0 heterocycles. The summed E-state index contributed by atoms with van der Waals surface area (Å²) >= 11 is 0. The summed E-state index contributed by atoms with van der Waals surface area (Å²) in [6, 6.07) is 12.2. The molecule has 0 bridgehead atoms. The number of aliphatic hydroxyl groups is 1. The van der Waals surface area contributed by atoms with Gasteiger partial charge in [-0.2, -0.15) is 0 Å². The van der Waals surface area contributed by atoms with Crippen molar-refractivity contribution in [1.82, 2.24) is 0 Å². The maximum atomic E-state index is 10.4. The Hall–Kier alpha value is -1.37. The molecule has 0 saturated carbocycles. The summed E-state index contributed by atoms with van der Waals surface area (Å²) in [6.45, 7) is 8.54. The molecule has 0 fully saturated rings. The Morgan fingerprint density at radius 3 is 2.17 bits per heavy atom. The molecule has 2 aromatic carbocycles. The van der Waals surface area contributed by atoms with E-state index in [0.717, 1.165) is 24.0 Å². The molecule has 1 unspecified atom stereocenters. The molecule has 23 heavy (non-hydrogen) atoms. The minimum Gasteiger partial charge on any atom is -0.508 e. The quantitative estimate of drug-likeness (QED) is 0.765. The molecule has 2 rings (SSSR count). The molecule has 124 valence electrons. The van der Waals surface area contributed by atoms with Gasteiger partial charge in [-0.3, -0.25) is 0 Å². The van der Waals surface area contributed by atoms with Gasteiger partial charge in [-0.25, -0.2) is 0 Å². The molecule has 0 amide bonds. The lowest BCUT2D eigenvalue weighted by atomic mass is 9.91. The van der Waals surface area contributed by atoms with Gasteiger partial charge in [0.25, 0.3) is 0 Å². The standard InChI is InChI=1S/C20H27O2P/c1-5-20(6-2,17-12-15(4)7-9-18(17)22)23-19-10-8-14(3)11-16(19)13-21/h7-12,21-23H,5-6,13H2,1-4H3. The van der Waals surface area contributed by atoms with Crippen LogP contribution in [0.3, 0.4) is 0 Å². The molecule has 0 aliphatic heterocycles. The molecular weight excluding hydrogens is 303 g/mol. The Morgan fingerprint density at radius 1 is 0.957 bits per heavy atom. The molecule has 3 heteroatoms. The maximum Gasteiger partial charge on any atom is 0.119 e. The lowest BCUT2D eigenvalue weighted by Gasteiger charge is -2.34. The second kappa shape index (κ2) is 7.47. The van der Waals surface area contributed by atoms with Crippen molar-refractivity contribution in [2.24, 2.45) is 0 Å². The average molecular weight is 330 g/mol. The highest BCUT2D eigenvalue weighted by Crippen LogP contribution is 2.50. The monoisotopic (exact) mass is 330 g/mol. The summed E-state index contributed by atoms with van der Waals surface area (Å²) in [5.41, 5.74) is 4.37. The van der Waals surface area contributed by atoms with Gasteiger partial charge in [-0.1, -0.05) is 63.9 Å². The van der Waals surface area contributed by atoms with Crippen molar-refractivity contribution in [3.8, 4) is 5.75 Å². The van der Waals surface area contributed by atoms with Crippen molar-refractivity contribution in [1.29, 1.82) is 0 Å². The molecule has 0 radical (unpaired) electrons. The molecule has 0 saturated heterocycles. The molecule has 1 atom stereocenters. The van der Waals surface area contributed by atoms with Crippen LogP contribution in [0, 0.1) is 13.8 Å². The van der Waals surface area contributed by atoms with Gasteiger partial charge in [0, 0.05) is 10.7 Å². The third kappa shape index (κ3) is 3.76. The fourth-order valence-electron chi connectivity index (χ4n) is 3.14. The van der Waals surface area contributed by atoms with Crippen LogP contribution in [0.15, 0.2) is 36.4 Å². The first-order valence-electron chi connectivity index (χ1n) is 8.24. The molecule has 0 aliphatic rings. The predicted octanol–water partition coefficient (Wildman–Crippen LogP) is 4.52. The number of hydrogen-bond acceptors (Lipinski definition) is 2. The highest BCUT2D eigenvalue weighted by atomic mass is 31.1. The number of phenols is 1. The fourth-order valence-corrected chi connectivity index (χ4v) is 4.82. The normalized spacial score (nSPS) is 12.2. The Morgan fingerprint density at radius 2 is 1.57 bits per heavy atom. The van der Waals surface area contributed by atoms with Crippen LogP contribution in [0.25, 0.3) is 0 Å². The van der Waals surface area contributed by atoms with Gasteiger partial charge < -0.3 is 10.2 Å². The Balaban J connectivity index is 2.52. The van der Waals surface area contributed by atoms with Gasteiger partial charge in [0.15, 0.2) is 0 Å². The van der Waals surface area contributed by atoms with E-state index in [1.165, 1.54) is 16.4 Å². The summed E-state index contributed by atoms with van der Waals surface area (Å²) < 4.78 is 0. The summed E-state index contributed by atoms with van der Waals surface area (Å²) in [5.74, 6) is 0.379. The van der Waals surface area contributed by atoms with E-state index in [4.69, 9.17) is 0 Å². The molecule has 2 nitrogen and oxygen atoms in total. The molecule has 0 aromatic heterocycles. The summed E-state index contributed by atoms with van der Waals surface area (Å²) in [6.07, 6.45) is 1.91. The van der Waals surface area contributed by atoms with Crippen LogP contribution in [0.2, 0.25) is 0 Å². The summed E-state index contributed by atoms with van der Waals surface area (Å²) in [4.78, 5) is 0. The van der Waals surface area contributed by atoms with E-state index >= 15 is 0 Å². The number of rotatable bonds is 6. The lowest BCUT2D eigenvalue weighted by molar-refractivity contribution is 0.283. The van der Waals surface area contributed by atoms with Crippen LogP contribution >= 0.6 is 8.58 Å². The third-order valence-electron chi connectivity index (χ3n) is 4.68. The maximum absolute atomic E-state index is 10.4. The van der Waals surface area contributed by atoms with Crippen molar-refractivity contribution in [2.75, 3.05) is 0 Å². The number of phenolic OH excluding ortho intramolecular Hbond substituents is 1. The highest BCUT2D eigenvalue weighted by Gasteiger charge is 2.32. The Bertz CT molecular complexity index is 675. The summed E-state index contributed by atoms with van der Waals surface area (Å²) in [5, 5.41) is 21.3. The topological polar surface area (TPSA) is 40.5 Å². The second-order valence-electron chi connectivity index (χ2n) is 6.25. The van der Waals surface area contributed by atoms with E-state index in [1.807, 2.05) is 13.0 Å². The predicted molar refractivity (Wildman–Crippen MR) is 100 cm³/mol. The van der Waals surface area contributed by atoms with E-state index in [0.29, 0.717) is 14.3 Å². The zero-order valence-electron chi connectivity index (χ0n) is 14.5. The van der Waals surface area contributed by atoms with Crippen molar-refractivity contribution < 1.29 is 10.2 Å². The largest absolute Gasteiger partial charge is 0.508 e.